The quantitative estimate of drug-likeness (QED) is 0.865. The Morgan fingerprint density at radius 3 is 3.00 bits per heavy atom. The third-order valence-electron chi connectivity index (χ3n) is 3.99. The van der Waals surface area contributed by atoms with Crippen LogP contribution < -0.4 is 10.1 Å². The molecule has 0 spiro atoms. The second-order valence-electron chi connectivity index (χ2n) is 5.87. The third-order valence-corrected chi connectivity index (χ3v) is 4.23. The first-order chi connectivity index (χ1) is 12.5. The molecule has 1 atom stereocenters. The van der Waals surface area contributed by atoms with Crippen molar-refractivity contribution < 1.29 is 18.7 Å². The fraction of sp³-hybridized carbons (Fsp3) is 0.333. The van der Waals surface area contributed by atoms with Gasteiger partial charge in [0.15, 0.2) is 11.6 Å². The molecule has 3 rings (SSSR count). The van der Waals surface area contributed by atoms with Gasteiger partial charge in [-0.1, -0.05) is 11.6 Å². The molecule has 0 saturated carbocycles. The molecule has 6 nitrogen and oxygen atoms in total. The first kappa shape index (κ1) is 18.6. The van der Waals surface area contributed by atoms with Gasteiger partial charge in [-0.05, 0) is 30.3 Å². The number of halogens is 2. The molecule has 8 heteroatoms. The fourth-order valence-electron chi connectivity index (χ4n) is 2.64. The predicted octanol–water partition coefficient (Wildman–Crippen LogP) is 2.61. The standard InChI is InChI=1S/C18H19ClFN3O3/c1-21-18(24)17-11-23(6-7-25-17)10-13-3-4-14(9-22-13)26-16-5-2-12(19)8-15(16)20/h2-5,8-9,17H,6-7,10-11H2,1H3,(H,21,24)/t17-/m0/s1. The smallest absolute Gasteiger partial charge is 0.250 e. The minimum Gasteiger partial charge on any atom is -0.453 e. The highest BCUT2D eigenvalue weighted by atomic mass is 35.5. The number of hydrogen-bond acceptors (Lipinski definition) is 5. The lowest BCUT2D eigenvalue weighted by molar-refractivity contribution is -0.138. The summed E-state index contributed by atoms with van der Waals surface area (Å²) in [6, 6.07) is 7.77. The maximum atomic E-state index is 13.8. The maximum Gasteiger partial charge on any atom is 0.250 e. The van der Waals surface area contributed by atoms with E-state index in [1.165, 1.54) is 12.1 Å². The molecule has 2 aromatic rings. The van der Waals surface area contributed by atoms with Gasteiger partial charge in [-0.3, -0.25) is 14.7 Å². The minimum absolute atomic E-state index is 0.0885. The van der Waals surface area contributed by atoms with Gasteiger partial charge in [-0.15, -0.1) is 0 Å². The van der Waals surface area contributed by atoms with Crippen molar-refractivity contribution in [2.75, 3.05) is 26.7 Å². The Labute approximate surface area is 155 Å². The van der Waals surface area contributed by atoms with Crippen molar-refractivity contribution in [2.45, 2.75) is 12.6 Å². The average molecular weight is 380 g/mol. The van der Waals surface area contributed by atoms with E-state index in [2.05, 4.69) is 15.2 Å². The van der Waals surface area contributed by atoms with E-state index in [0.717, 1.165) is 12.2 Å². The van der Waals surface area contributed by atoms with E-state index in [9.17, 15) is 9.18 Å². The predicted molar refractivity (Wildman–Crippen MR) is 94.8 cm³/mol. The Balaban J connectivity index is 1.60. The molecular formula is C18H19ClFN3O3. The van der Waals surface area contributed by atoms with Crippen molar-refractivity contribution >= 4 is 17.5 Å². The highest BCUT2D eigenvalue weighted by Crippen LogP contribution is 2.26. The number of ether oxygens (including phenoxy) is 2. The second kappa shape index (κ2) is 8.44. The Hall–Kier alpha value is -2.22. The molecule has 0 bridgehead atoms. The number of rotatable bonds is 5. The van der Waals surface area contributed by atoms with Crippen LogP contribution in [0.1, 0.15) is 5.69 Å². The van der Waals surface area contributed by atoms with Crippen molar-refractivity contribution in [3.8, 4) is 11.5 Å². The summed E-state index contributed by atoms with van der Waals surface area (Å²) in [6.45, 7) is 2.32. The van der Waals surface area contributed by atoms with Crippen LogP contribution in [-0.4, -0.2) is 48.6 Å². The van der Waals surface area contributed by atoms with Crippen LogP contribution in [0.2, 0.25) is 5.02 Å². The Morgan fingerprint density at radius 2 is 2.31 bits per heavy atom. The lowest BCUT2D eigenvalue weighted by Crippen LogP contribution is -2.48. The Morgan fingerprint density at radius 1 is 1.46 bits per heavy atom. The van der Waals surface area contributed by atoms with E-state index in [1.807, 2.05) is 6.07 Å². The van der Waals surface area contributed by atoms with Gasteiger partial charge in [0.05, 0.1) is 18.5 Å². The van der Waals surface area contributed by atoms with Crippen molar-refractivity contribution in [2.24, 2.45) is 0 Å². The molecular weight excluding hydrogens is 361 g/mol. The van der Waals surface area contributed by atoms with Gasteiger partial charge in [-0.2, -0.15) is 0 Å². The summed E-state index contributed by atoms with van der Waals surface area (Å²) >= 11 is 5.73. The van der Waals surface area contributed by atoms with Crippen LogP contribution in [0.15, 0.2) is 36.5 Å². The molecule has 138 valence electrons. The molecule has 1 aromatic carbocycles. The van der Waals surface area contributed by atoms with E-state index in [-0.39, 0.29) is 11.7 Å². The van der Waals surface area contributed by atoms with Crippen LogP contribution in [-0.2, 0) is 16.1 Å². The minimum atomic E-state index is -0.532. The summed E-state index contributed by atoms with van der Waals surface area (Å²) in [7, 11) is 1.59. The maximum absolute atomic E-state index is 13.8. The van der Waals surface area contributed by atoms with Crippen LogP contribution in [0.4, 0.5) is 4.39 Å². The van der Waals surface area contributed by atoms with E-state index < -0.39 is 11.9 Å². The molecule has 2 heterocycles. The molecule has 1 aliphatic rings. The summed E-state index contributed by atoms with van der Waals surface area (Å²) in [5.74, 6) is -0.141. The number of carbonyl (C=O) groups excluding carboxylic acids is 1. The number of carbonyl (C=O) groups is 1. The van der Waals surface area contributed by atoms with Gasteiger partial charge in [-0.25, -0.2) is 4.39 Å². The number of aromatic nitrogens is 1. The van der Waals surface area contributed by atoms with E-state index in [0.29, 0.717) is 30.5 Å². The van der Waals surface area contributed by atoms with E-state index in [4.69, 9.17) is 21.1 Å². The van der Waals surface area contributed by atoms with Crippen molar-refractivity contribution in [3.05, 3.63) is 53.1 Å². The molecule has 1 N–H and O–H groups in total. The van der Waals surface area contributed by atoms with Gasteiger partial charge >= 0.3 is 0 Å². The second-order valence-corrected chi connectivity index (χ2v) is 6.31. The number of pyridine rings is 1. The lowest BCUT2D eigenvalue weighted by Gasteiger charge is -2.31. The van der Waals surface area contributed by atoms with E-state index >= 15 is 0 Å². The van der Waals surface area contributed by atoms with Gasteiger partial charge in [0.25, 0.3) is 0 Å². The summed E-state index contributed by atoms with van der Waals surface area (Å²) < 4.78 is 24.7. The van der Waals surface area contributed by atoms with Gasteiger partial charge in [0.2, 0.25) is 5.91 Å². The van der Waals surface area contributed by atoms with Crippen molar-refractivity contribution in [1.29, 1.82) is 0 Å². The molecule has 0 unspecified atom stereocenters. The van der Waals surface area contributed by atoms with Gasteiger partial charge < -0.3 is 14.8 Å². The molecule has 0 aliphatic carbocycles. The normalized spacial score (nSPS) is 17.7. The van der Waals surface area contributed by atoms with Gasteiger partial charge in [0.1, 0.15) is 11.9 Å². The first-order valence-corrected chi connectivity index (χ1v) is 8.56. The van der Waals surface area contributed by atoms with Crippen LogP contribution in [0.5, 0.6) is 11.5 Å². The average Bonchev–Trinajstić information content (AvgIpc) is 2.65. The zero-order valence-electron chi connectivity index (χ0n) is 14.2. The Bertz CT molecular complexity index is 773. The highest BCUT2D eigenvalue weighted by molar-refractivity contribution is 6.30. The van der Waals surface area contributed by atoms with Crippen LogP contribution in [0.25, 0.3) is 0 Å². The third kappa shape index (κ3) is 4.69. The Kier molecular flexibility index (Phi) is 6.03. The summed E-state index contributed by atoms with van der Waals surface area (Å²) in [4.78, 5) is 18.1. The number of amides is 1. The van der Waals surface area contributed by atoms with E-state index in [1.54, 1.807) is 25.4 Å². The van der Waals surface area contributed by atoms with Gasteiger partial charge in [0, 0.05) is 31.7 Å². The summed E-state index contributed by atoms with van der Waals surface area (Å²) in [5.41, 5.74) is 0.825. The molecule has 0 radical (unpaired) electrons. The number of likely N-dealkylation sites (N-methyl/N-ethyl adjacent to an activating group) is 1. The molecule has 1 aromatic heterocycles. The molecule has 1 fully saturated rings. The largest absolute Gasteiger partial charge is 0.453 e. The summed E-state index contributed by atoms with van der Waals surface area (Å²) in [6.07, 6.45) is 1.07. The zero-order chi connectivity index (χ0) is 18.5. The van der Waals surface area contributed by atoms with Crippen molar-refractivity contribution in [1.82, 2.24) is 15.2 Å². The first-order valence-electron chi connectivity index (χ1n) is 8.18. The molecule has 1 saturated heterocycles. The number of hydrogen-bond donors (Lipinski definition) is 1. The van der Waals surface area contributed by atoms with Crippen LogP contribution in [0.3, 0.4) is 0 Å². The molecule has 26 heavy (non-hydrogen) atoms. The molecule has 1 amide bonds. The monoisotopic (exact) mass is 379 g/mol. The number of morpholine rings is 1. The summed E-state index contributed by atoms with van der Waals surface area (Å²) in [5, 5.41) is 2.91. The van der Waals surface area contributed by atoms with Crippen LogP contribution in [0, 0.1) is 5.82 Å². The lowest BCUT2D eigenvalue weighted by atomic mass is 10.2. The number of benzene rings is 1. The zero-order valence-corrected chi connectivity index (χ0v) is 15.0. The fourth-order valence-corrected chi connectivity index (χ4v) is 2.80. The van der Waals surface area contributed by atoms with Crippen molar-refractivity contribution in [3.63, 3.8) is 0 Å². The highest BCUT2D eigenvalue weighted by Gasteiger charge is 2.25. The van der Waals surface area contributed by atoms with Crippen LogP contribution >= 0.6 is 11.6 Å². The number of nitrogens with zero attached hydrogens (tertiary/aromatic N) is 2. The molecule has 1 aliphatic heterocycles. The number of nitrogens with one attached hydrogen (secondary N) is 1. The topological polar surface area (TPSA) is 63.7 Å². The SMILES string of the molecule is CNC(=O)[C@@H]1CN(Cc2ccc(Oc3ccc(Cl)cc3F)cn2)CCO1.